The van der Waals surface area contributed by atoms with Crippen LogP contribution in [-0.4, -0.2) is 38.2 Å². The van der Waals surface area contributed by atoms with E-state index in [-0.39, 0.29) is 23.9 Å². The lowest BCUT2D eigenvalue weighted by Crippen LogP contribution is -2.41. The second-order valence-corrected chi connectivity index (χ2v) is 8.10. The third-order valence-electron chi connectivity index (χ3n) is 5.44. The Morgan fingerprint density at radius 3 is 2.59 bits per heavy atom. The van der Waals surface area contributed by atoms with Gasteiger partial charge in [-0.05, 0) is 38.7 Å². The highest BCUT2D eigenvalue weighted by Gasteiger charge is 2.28. The number of hydrogen-bond acceptors (Lipinski definition) is 3. The number of fused-ring (bicyclic) bond motifs is 1. The van der Waals surface area contributed by atoms with E-state index in [2.05, 4.69) is 38.7 Å². The molecule has 144 valence electrons. The first kappa shape index (κ1) is 19.4. The Morgan fingerprint density at radius 2 is 2.00 bits per heavy atom. The van der Waals surface area contributed by atoms with Crippen molar-refractivity contribution in [2.24, 2.45) is 0 Å². The molecule has 0 radical (unpaired) electrons. The minimum atomic E-state index is 0.0115. The second kappa shape index (κ2) is 8.12. The molecule has 1 aliphatic rings. The van der Waals surface area contributed by atoms with Crippen molar-refractivity contribution >= 4 is 16.9 Å². The molecule has 3 rings (SSSR count). The highest BCUT2D eigenvalue weighted by atomic mass is 16.2. The Hall–Kier alpha value is -2.35. The van der Waals surface area contributed by atoms with Crippen LogP contribution in [0.3, 0.4) is 0 Å². The third-order valence-corrected chi connectivity index (χ3v) is 5.44. The first-order chi connectivity index (χ1) is 12.9. The van der Waals surface area contributed by atoms with Gasteiger partial charge in [0.2, 0.25) is 0 Å². The lowest BCUT2D eigenvalue weighted by atomic mass is 9.93. The molecule has 1 fully saturated rings. The fourth-order valence-electron chi connectivity index (χ4n) is 3.90. The average molecular weight is 367 g/mol. The van der Waals surface area contributed by atoms with Crippen LogP contribution in [0.5, 0.6) is 0 Å². The summed E-state index contributed by atoms with van der Waals surface area (Å²) in [7, 11) is 0. The second-order valence-electron chi connectivity index (χ2n) is 8.10. The van der Waals surface area contributed by atoms with Gasteiger partial charge in [0, 0.05) is 17.8 Å². The van der Waals surface area contributed by atoms with Gasteiger partial charge in [0.15, 0.2) is 5.65 Å². The molecule has 0 aromatic carbocycles. The fourth-order valence-corrected chi connectivity index (χ4v) is 3.90. The molecule has 2 heterocycles. The molecule has 0 aliphatic heterocycles. The first-order valence-corrected chi connectivity index (χ1v) is 10.1. The van der Waals surface area contributed by atoms with Crippen LogP contribution in [0.4, 0.5) is 0 Å². The number of carbonyl (C=O) groups is 1. The van der Waals surface area contributed by atoms with Gasteiger partial charge in [-0.1, -0.05) is 39.0 Å². The molecule has 2 aromatic rings. The summed E-state index contributed by atoms with van der Waals surface area (Å²) >= 11 is 0. The summed E-state index contributed by atoms with van der Waals surface area (Å²) < 4.78 is 1.89. The van der Waals surface area contributed by atoms with Gasteiger partial charge >= 0.3 is 0 Å². The van der Waals surface area contributed by atoms with E-state index >= 15 is 0 Å². The summed E-state index contributed by atoms with van der Waals surface area (Å²) in [5, 5.41) is 5.31. The normalized spacial score (nSPS) is 15.4. The third kappa shape index (κ3) is 3.85. The molecule has 0 N–H and O–H groups in total. The molecule has 0 saturated heterocycles. The Balaban J connectivity index is 2.10. The van der Waals surface area contributed by atoms with Crippen LogP contribution in [0.15, 0.2) is 12.3 Å². The molecule has 0 unspecified atom stereocenters. The van der Waals surface area contributed by atoms with E-state index in [0.717, 1.165) is 42.4 Å². The topological polar surface area (TPSA) is 51.0 Å². The fraction of sp³-hybridized carbons (Fsp3) is 0.591. The van der Waals surface area contributed by atoms with E-state index in [9.17, 15) is 4.79 Å². The Morgan fingerprint density at radius 1 is 1.30 bits per heavy atom. The molecule has 27 heavy (non-hydrogen) atoms. The van der Waals surface area contributed by atoms with Gasteiger partial charge < -0.3 is 4.90 Å². The van der Waals surface area contributed by atoms with Gasteiger partial charge in [-0.15, -0.1) is 6.42 Å². The molecule has 5 heteroatoms. The van der Waals surface area contributed by atoms with Crippen molar-refractivity contribution < 1.29 is 4.79 Å². The zero-order valence-corrected chi connectivity index (χ0v) is 16.9. The van der Waals surface area contributed by atoms with E-state index in [0.29, 0.717) is 12.1 Å². The van der Waals surface area contributed by atoms with Crippen molar-refractivity contribution in [3.05, 3.63) is 23.5 Å². The van der Waals surface area contributed by atoms with Crippen molar-refractivity contribution in [2.45, 2.75) is 77.8 Å². The quantitative estimate of drug-likeness (QED) is 0.730. The van der Waals surface area contributed by atoms with Gasteiger partial charge in [-0.25, -0.2) is 9.67 Å². The number of nitrogens with zero attached hydrogens (tertiary/aromatic N) is 4. The largest absolute Gasteiger partial charge is 0.325 e. The SMILES string of the molecule is C#CCN(C(=O)c1cc(C(C)C)nc2c1cnn2C(C)C)C1CCCCC1. The highest BCUT2D eigenvalue weighted by Crippen LogP contribution is 2.28. The minimum absolute atomic E-state index is 0.0115. The van der Waals surface area contributed by atoms with Crippen LogP contribution in [0.2, 0.25) is 0 Å². The smallest absolute Gasteiger partial charge is 0.255 e. The zero-order chi connectivity index (χ0) is 19.6. The molecule has 0 spiro atoms. The summed E-state index contributed by atoms with van der Waals surface area (Å²) in [6, 6.07) is 2.35. The number of hydrogen-bond donors (Lipinski definition) is 0. The first-order valence-electron chi connectivity index (χ1n) is 10.1. The molecule has 1 saturated carbocycles. The van der Waals surface area contributed by atoms with Crippen molar-refractivity contribution in [1.29, 1.82) is 0 Å². The monoisotopic (exact) mass is 366 g/mol. The Kier molecular flexibility index (Phi) is 5.84. The highest BCUT2D eigenvalue weighted by molar-refractivity contribution is 6.05. The maximum absolute atomic E-state index is 13.6. The van der Waals surface area contributed by atoms with Gasteiger partial charge in [-0.2, -0.15) is 5.10 Å². The molecule has 0 bridgehead atoms. The lowest BCUT2D eigenvalue weighted by Gasteiger charge is -2.33. The lowest BCUT2D eigenvalue weighted by molar-refractivity contribution is 0.0669. The summed E-state index contributed by atoms with van der Waals surface area (Å²) in [5.41, 5.74) is 2.37. The van der Waals surface area contributed by atoms with Crippen LogP contribution < -0.4 is 0 Å². The van der Waals surface area contributed by atoms with Gasteiger partial charge in [0.05, 0.1) is 23.7 Å². The number of carbonyl (C=O) groups excluding carboxylic acids is 1. The Labute approximate surface area is 162 Å². The summed E-state index contributed by atoms with van der Waals surface area (Å²) in [6.07, 6.45) is 13.0. The van der Waals surface area contributed by atoms with E-state index < -0.39 is 0 Å². The summed E-state index contributed by atoms with van der Waals surface area (Å²) in [5.74, 6) is 2.93. The number of terminal acetylenes is 1. The maximum atomic E-state index is 13.6. The minimum Gasteiger partial charge on any atom is -0.325 e. The van der Waals surface area contributed by atoms with Crippen molar-refractivity contribution in [2.75, 3.05) is 6.54 Å². The van der Waals surface area contributed by atoms with Gasteiger partial charge in [-0.3, -0.25) is 4.79 Å². The van der Waals surface area contributed by atoms with E-state index in [1.807, 2.05) is 15.6 Å². The van der Waals surface area contributed by atoms with Crippen molar-refractivity contribution in [3.8, 4) is 12.3 Å². The van der Waals surface area contributed by atoms with Crippen molar-refractivity contribution in [1.82, 2.24) is 19.7 Å². The average Bonchev–Trinajstić information content (AvgIpc) is 3.09. The predicted octanol–water partition coefficient (Wildman–Crippen LogP) is 4.54. The summed E-state index contributed by atoms with van der Waals surface area (Å²) in [4.78, 5) is 20.3. The standard InChI is InChI=1S/C22H30N4O/c1-6-12-25(17-10-8-7-9-11-17)22(27)18-13-20(15(2)3)24-21-19(18)14-23-26(21)16(4)5/h1,13-17H,7-12H2,2-5H3. The number of amides is 1. The molecular formula is C22H30N4O. The van der Waals surface area contributed by atoms with Crippen molar-refractivity contribution in [3.63, 3.8) is 0 Å². The number of rotatable bonds is 5. The molecule has 2 aromatic heterocycles. The molecular weight excluding hydrogens is 336 g/mol. The molecule has 5 nitrogen and oxygen atoms in total. The van der Waals surface area contributed by atoms with E-state index in [1.165, 1.54) is 6.42 Å². The van der Waals surface area contributed by atoms with Crippen LogP contribution in [-0.2, 0) is 0 Å². The van der Waals surface area contributed by atoms with Gasteiger partial charge in [0.1, 0.15) is 0 Å². The van der Waals surface area contributed by atoms with E-state index in [1.54, 1.807) is 6.20 Å². The van der Waals surface area contributed by atoms with Crippen LogP contribution in [0.25, 0.3) is 11.0 Å². The molecule has 1 amide bonds. The molecule has 1 aliphatic carbocycles. The van der Waals surface area contributed by atoms with E-state index in [4.69, 9.17) is 11.4 Å². The van der Waals surface area contributed by atoms with Crippen LogP contribution >= 0.6 is 0 Å². The number of pyridine rings is 1. The predicted molar refractivity (Wildman–Crippen MR) is 109 cm³/mol. The maximum Gasteiger partial charge on any atom is 0.255 e. The molecule has 0 atom stereocenters. The summed E-state index contributed by atoms with van der Waals surface area (Å²) in [6.45, 7) is 8.69. The Bertz CT molecular complexity index is 853. The van der Waals surface area contributed by atoms with Crippen LogP contribution in [0.1, 0.15) is 87.8 Å². The zero-order valence-electron chi connectivity index (χ0n) is 16.9. The van der Waals surface area contributed by atoms with Gasteiger partial charge in [0.25, 0.3) is 5.91 Å². The van der Waals surface area contributed by atoms with Crippen LogP contribution in [0, 0.1) is 12.3 Å². The number of aromatic nitrogens is 3.